The largest absolute Gasteiger partial charge is 0.485 e. The molecule has 2 aliphatic heterocycles. The number of nitrogens with one attached hydrogen (secondary N) is 1. The summed E-state index contributed by atoms with van der Waals surface area (Å²) in [4.78, 5) is 16.2. The van der Waals surface area contributed by atoms with Crippen molar-refractivity contribution in [3.8, 4) is 16.9 Å². The van der Waals surface area contributed by atoms with Crippen molar-refractivity contribution >= 4 is 11.5 Å². The first-order valence-electron chi connectivity index (χ1n) is 8.24. The summed E-state index contributed by atoms with van der Waals surface area (Å²) in [5.41, 5.74) is 2.75. The van der Waals surface area contributed by atoms with Gasteiger partial charge in [-0.25, -0.2) is 4.85 Å². The molecule has 2 aliphatic rings. The van der Waals surface area contributed by atoms with Crippen LogP contribution in [0.3, 0.4) is 0 Å². The van der Waals surface area contributed by atoms with Crippen molar-refractivity contribution in [1.82, 2.24) is 5.32 Å². The second-order valence-corrected chi connectivity index (χ2v) is 6.54. The van der Waals surface area contributed by atoms with E-state index in [2.05, 4.69) is 10.2 Å². The Balaban J connectivity index is 1.70. The molecule has 4 rings (SSSR count). The molecule has 4 heteroatoms. The van der Waals surface area contributed by atoms with Gasteiger partial charge in [0.2, 0.25) is 0 Å². The van der Waals surface area contributed by atoms with E-state index in [4.69, 9.17) is 11.3 Å². The van der Waals surface area contributed by atoms with Gasteiger partial charge in [0.05, 0.1) is 18.6 Å². The van der Waals surface area contributed by atoms with Crippen LogP contribution in [0.15, 0.2) is 42.5 Å². The molecule has 2 aromatic carbocycles. The van der Waals surface area contributed by atoms with Crippen LogP contribution in [-0.2, 0) is 0 Å². The standard InChI is InChI=1S/C20H18N2O2/c1-21-16-5-2-4-14(10-16)15-6-7-19-17(11-15)18(23)12-20(24-19)8-3-9-22-13-20/h2,4-7,10-11,22H,3,8-9,12-13H2. The van der Waals surface area contributed by atoms with Crippen LogP contribution in [-0.4, -0.2) is 24.5 Å². The van der Waals surface area contributed by atoms with E-state index < -0.39 is 0 Å². The van der Waals surface area contributed by atoms with E-state index >= 15 is 0 Å². The van der Waals surface area contributed by atoms with Gasteiger partial charge in [0.25, 0.3) is 0 Å². The van der Waals surface area contributed by atoms with Gasteiger partial charge in [-0.2, -0.15) is 0 Å². The number of ketones is 1. The maximum atomic E-state index is 12.7. The first-order valence-corrected chi connectivity index (χ1v) is 8.24. The SMILES string of the molecule is [C-]#[N+]c1cccc(-c2ccc3c(c2)C(=O)CC2(CCCNC2)O3)c1. The number of hydrogen-bond acceptors (Lipinski definition) is 3. The van der Waals surface area contributed by atoms with Crippen LogP contribution in [0.2, 0.25) is 0 Å². The quantitative estimate of drug-likeness (QED) is 0.808. The monoisotopic (exact) mass is 318 g/mol. The molecular weight excluding hydrogens is 300 g/mol. The molecule has 0 saturated carbocycles. The number of Topliss-reactive ketones (excluding diaryl/α,β-unsaturated/α-hetero) is 1. The first-order chi connectivity index (χ1) is 11.7. The van der Waals surface area contributed by atoms with E-state index in [1.54, 1.807) is 6.07 Å². The lowest BCUT2D eigenvalue weighted by atomic mass is 9.84. The Labute approximate surface area is 141 Å². The Morgan fingerprint density at radius 2 is 2.04 bits per heavy atom. The number of rotatable bonds is 1. The molecule has 1 fully saturated rings. The molecule has 1 saturated heterocycles. The molecule has 0 aliphatic carbocycles. The summed E-state index contributed by atoms with van der Waals surface area (Å²) in [6.45, 7) is 8.86. The number of hydrogen-bond donors (Lipinski definition) is 1. The normalized spacial score (nSPS) is 22.5. The average molecular weight is 318 g/mol. The summed E-state index contributed by atoms with van der Waals surface area (Å²) in [6, 6.07) is 13.2. The predicted octanol–water partition coefficient (Wildman–Crippen LogP) is 3.99. The van der Waals surface area contributed by atoms with E-state index in [9.17, 15) is 4.79 Å². The topological polar surface area (TPSA) is 42.7 Å². The Morgan fingerprint density at radius 1 is 1.17 bits per heavy atom. The Hall–Kier alpha value is -2.64. The fourth-order valence-electron chi connectivity index (χ4n) is 3.61. The van der Waals surface area contributed by atoms with Crippen LogP contribution in [0.1, 0.15) is 29.6 Å². The molecule has 2 heterocycles. The molecule has 4 nitrogen and oxygen atoms in total. The zero-order chi connectivity index (χ0) is 16.6. The number of ether oxygens (including phenoxy) is 1. The second-order valence-electron chi connectivity index (χ2n) is 6.54. The van der Waals surface area contributed by atoms with Crippen molar-refractivity contribution in [1.29, 1.82) is 0 Å². The minimum Gasteiger partial charge on any atom is -0.485 e. The van der Waals surface area contributed by atoms with Crippen molar-refractivity contribution in [3.63, 3.8) is 0 Å². The number of carbonyl (C=O) groups is 1. The van der Waals surface area contributed by atoms with Crippen molar-refractivity contribution < 1.29 is 9.53 Å². The van der Waals surface area contributed by atoms with Crippen LogP contribution in [0.4, 0.5) is 5.69 Å². The summed E-state index contributed by atoms with van der Waals surface area (Å²) in [7, 11) is 0. The number of benzene rings is 2. The van der Waals surface area contributed by atoms with Crippen LogP contribution >= 0.6 is 0 Å². The van der Waals surface area contributed by atoms with Crippen molar-refractivity contribution in [2.45, 2.75) is 24.9 Å². The summed E-state index contributed by atoms with van der Waals surface area (Å²) >= 11 is 0. The molecule has 1 atom stereocenters. The molecule has 0 amide bonds. The lowest BCUT2D eigenvalue weighted by Gasteiger charge is -2.41. The zero-order valence-corrected chi connectivity index (χ0v) is 13.3. The molecule has 24 heavy (non-hydrogen) atoms. The average Bonchev–Trinajstić information content (AvgIpc) is 2.62. The number of carbonyl (C=O) groups excluding carboxylic acids is 1. The maximum Gasteiger partial charge on any atom is 0.187 e. The summed E-state index contributed by atoms with van der Waals surface area (Å²) in [5.74, 6) is 0.822. The number of piperidine rings is 1. The Morgan fingerprint density at radius 3 is 2.83 bits per heavy atom. The van der Waals surface area contributed by atoms with Crippen LogP contribution in [0, 0.1) is 6.57 Å². The summed E-state index contributed by atoms with van der Waals surface area (Å²) in [5, 5.41) is 3.34. The van der Waals surface area contributed by atoms with Gasteiger partial charge < -0.3 is 10.1 Å². The summed E-state index contributed by atoms with van der Waals surface area (Å²) in [6.07, 6.45) is 2.38. The highest BCUT2D eigenvalue weighted by Crippen LogP contribution is 2.39. The lowest BCUT2D eigenvalue weighted by Crippen LogP contribution is -2.53. The highest BCUT2D eigenvalue weighted by Gasteiger charge is 2.41. The first kappa shape index (κ1) is 14.9. The van der Waals surface area contributed by atoms with E-state index in [1.807, 2.05) is 36.4 Å². The van der Waals surface area contributed by atoms with E-state index in [0.29, 0.717) is 23.4 Å². The molecule has 1 spiro atoms. The van der Waals surface area contributed by atoms with Crippen LogP contribution in [0.25, 0.3) is 16.0 Å². The van der Waals surface area contributed by atoms with Gasteiger partial charge in [-0.05, 0) is 48.7 Å². The minimum atomic E-state index is -0.381. The fourth-order valence-corrected chi connectivity index (χ4v) is 3.61. The van der Waals surface area contributed by atoms with Gasteiger partial charge in [0.1, 0.15) is 11.4 Å². The highest BCUT2D eigenvalue weighted by molar-refractivity contribution is 6.01. The molecule has 0 aromatic heterocycles. The Kier molecular flexibility index (Phi) is 3.59. The second kappa shape index (κ2) is 5.77. The number of fused-ring (bicyclic) bond motifs is 1. The van der Waals surface area contributed by atoms with E-state index in [-0.39, 0.29) is 11.4 Å². The molecular formula is C20H18N2O2. The molecule has 1 unspecified atom stereocenters. The van der Waals surface area contributed by atoms with Crippen molar-refractivity contribution in [3.05, 3.63) is 59.4 Å². The van der Waals surface area contributed by atoms with Crippen molar-refractivity contribution in [2.75, 3.05) is 13.1 Å². The maximum absolute atomic E-state index is 12.7. The molecule has 0 radical (unpaired) electrons. The fraction of sp³-hybridized carbons (Fsp3) is 0.300. The lowest BCUT2D eigenvalue weighted by molar-refractivity contribution is 0.0234. The molecule has 1 N–H and O–H groups in total. The van der Waals surface area contributed by atoms with Gasteiger partial charge in [0.15, 0.2) is 11.5 Å². The summed E-state index contributed by atoms with van der Waals surface area (Å²) < 4.78 is 6.23. The molecule has 0 bridgehead atoms. The highest BCUT2D eigenvalue weighted by atomic mass is 16.5. The van der Waals surface area contributed by atoms with Crippen LogP contribution in [0.5, 0.6) is 5.75 Å². The van der Waals surface area contributed by atoms with Crippen molar-refractivity contribution in [2.24, 2.45) is 0 Å². The molecule has 120 valence electrons. The molecule has 2 aromatic rings. The number of nitrogens with zero attached hydrogens (tertiary/aromatic N) is 1. The Bertz CT molecular complexity index is 845. The van der Waals surface area contributed by atoms with Gasteiger partial charge in [-0.1, -0.05) is 24.3 Å². The van der Waals surface area contributed by atoms with E-state index in [0.717, 1.165) is 37.1 Å². The van der Waals surface area contributed by atoms with Gasteiger partial charge in [-0.15, -0.1) is 0 Å². The third kappa shape index (κ3) is 2.57. The third-order valence-electron chi connectivity index (χ3n) is 4.83. The van der Waals surface area contributed by atoms with Gasteiger partial charge in [-0.3, -0.25) is 4.79 Å². The zero-order valence-electron chi connectivity index (χ0n) is 13.3. The van der Waals surface area contributed by atoms with E-state index in [1.165, 1.54) is 0 Å². The van der Waals surface area contributed by atoms with Gasteiger partial charge in [0, 0.05) is 6.54 Å². The smallest absolute Gasteiger partial charge is 0.187 e. The third-order valence-corrected chi connectivity index (χ3v) is 4.83. The predicted molar refractivity (Wildman–Crippen MR) is 92.6 cm³/mol. The minimum absolute atomic E-state index is 0.142. The van der Waals surface area contributed by atoms with Gasteiger partial charge >= 0.3 is 0 Å². The van der Waals surface area contributed by atoms with Crippen LogP contribution < -0.4 is 10.1 Å².